The summed E-state index contributed by atoms with van der Waals surface area (Å²) in [4.78, 5) is 25.0. The van der Waals surface area contributed by atoms with Crippen LogP contribution in [0.2, 0.25) is 0 Å². The maximum absolute atomic E-state index is 12.1. The summed E-state index contributed by atoms with van der Waals surface area (Å²) >= 11 is 0. The van der Waals surface area contributed by atoms with Crippen molar-refractivity contribution in [1.82, 2.24) is 4.90 Å². The molecule has 2 rings (SSSR count). The summed E-state index contributed by atoms with van der Waals surface area (Å²) < 4.78 is 0. The maximum Gasteiger partial charge on any atom is 0.307 e. The van der Waals surface area contributed by atoms with Crippen LogP contribution in [0.4, 0.5) is 0 Å². The van der Waals surface area contributed by atoms with Gasteiger partial charge in [-0.15, -0.1) is 0 Å². The number of rotatable bonds is 3. The molecular formula is C12H19NO3. The van der Waals surface area contributed by atoms with Gasteiger partial charge in [0.15, 0.2) is 0 Å². The number of carbonyl (C=O) groups is 2. The van der Waals surface area contributed by atoms with E-state index in [2.05, 4.69) is 0 Å². The Labute approximate surface area is 95.6 Å². The average molecular weight is 225 g/mol. The Morgan fingerprint density at radius 2 is 1.75 bits per heavy atom. The molecule has 1 N–H and O–H groups in total. The van der Waals surface area contributed by atoms with Crippen molar-refractivity contribution >= 4 is 11.9 Å². The zero-order valence-electron chi connectivity index (χ0n) is 9.85. The van der Waals surface area contributed by atoms with Gasteiger partial charge < -0.3 is 10.0 Å². The lowest BCUT2D eigenvalue weighted by molar-refractivity contribution is -0.148. The Morgan fingerprint density at radius 3 is 2.25 bits per heavy atom. The summed E-state index contributed by atoms with van der Waals surface area (Å²) in [6, 6.07) is 0.373. The van der Waals surface area contributed by atoms with Gasteiger partial charge in [-0.1, -0.05) is 6.92 Å². The summed E-state index contributed by atoms with van der Waals surface area (Å²) in [5.41, 5.74) is 0. The van der Waals surface area contributed by atoms with Crippen molar-refractivity contribution in [3.05, 3.63) is 0 Å². The summed E-state index contributed by atoms with van der Waals surface area (Å²) in [5.74, 6) is -1.18. The molecule has 0 aromatic heterocycles. The van der Waals surface area contributed by atoms with Crippen molar-refractivity contribution in [3.63, 3.8) is 0 Å². The van der Waals surface area contributed by atoms with Crippen LogP contribution in [0.1, 0.15) is 32.6 Å². The first-order valence-corrected chi connectivity index (χ1v) is 6.00. The van der Waals surface area contributed by atoms with Crippen molar-refractivity contribution < 1.29 is 14.7 Å². The first-order valence-electron chi connectivity index (χ1n) is 6.00. The van der Waals surface area contributed by atoms with Gasteiger partial charge in [-0.2, -0.15) is 0 Å². The molecule has 3 unspecified atom stereocenters. The summed E-state index contributed by atoms with van der Waals surface area (Å²) in [6.07, 6.45) is 3.52. The van der Waals surface area contributed by atoms with E-state index in [1.165, 1.54) is 0 Å². The fourth-order valence-electron chi connectivity index (χ4n) is 2.74. The fraction of sp³-hybridized carbons (Fsp3) is 0.833. The molecule has 4 heteroatoms. The SMILES string of the molecule is CC1CC(C(=O)O)C(C(=O)N(C)C2CC2)C1. The van der Waals surface area contributed by atoms with Gasteiger partial charge in [0.05, 0.1) is 11.8 Å². The summed E-state index contributed by atoms with van der Waals surface area (Å²) in [6.45, 7) is 2.03. The summed E-state index contributed by atoms with van der Waals surface area (Å²) in [7, 11) is 1.81. The van der Waals surface area contributed by atoms with E-state index < -0.39 is 11.9 Å². The molecule has 2 aliphatic carbocycles. The molecule has 0 radical (unpaired) electrons. The molecule has 2 fully saturated rings. The Balaban J connectivity index is 2.06. The Bertz CT molecular complexity index is 311. The van der Waals surface area contributed by atoms with Gasteiger partial charge in [0.1, 0.15) is 0 Å². The number of amides is 1. The number of aliphatic carboxylic acids is 1. The third kappa shape index (κ3) is 2.06. The van der Waals surface area contributed by atoms with E-state index in [0.29, 0.717) is 18.4 Å². The van der Waals surface area contributed by atoms with E-state index in [1.807, 2.05) is 14.0 Å². The number of carboxylic acid groups (broad SMARTS) is 1. The minimum absolute atomic E-state index is 0.0410. The number of carbonyl (C=O) groups excluding carboxylic acids is 1. The van der Waals surface area contributed by atoms with Gasteiger partial charge in [-0.05, 0) is 31.6 Å². The van der Waals surface area contributed by atoms with Crippen molar-refractivity contribution in [3.8, 4) is 0 Å². The molecule has 0 spiro atoms. The van der Waals surface area contributed by atoms with Gasteiger partial charge >= 0.3 is 5.97 Å². The molecule has 2 aliphatic rings. The predicted molar refractivity (Wildman–Crippen MR) is 58.8 cm³/mol. The highest BCUT2D eigenvalue weighted by atomic mass is 16.4. The molecule has 16 heavy (non-hydrogen) atoms. The van der Waals surface area contributed by atoms with Crippen molar-refractivity contribution in [2.75, 3.05) is 7.05 Å². The lowest BCUT2D eigenvalue weighted by Crippen LogP contribution is -2.38. The lowest BCUT2D eigenvalue weighted by Gasteiger charge is -2.23. The van der Waals surface area contributed by atoms with Crippen LogP contribution < -0.4 is 0 Å². The van der Waals surface area contributed by atoms with Crippen LogP contribution in [0, 0.1) is 17.8 Å². The lowest BCUT2D eigenvalue weighted by atomic mass is 9.95. The molecule has 0 aromatic rings. The van der Waals surface area contributed by atoms with E-state index in [9.17, 15) is 9.59 Å². The molecule has 90 valence electrons. The second kappa shape index (κ2) is 4.07. The minimum atomic E-state index is -0.813. The van der Waals surface area contributed by atoms with Crippen LogP contribution in [-0.2, 0) is 9.59 Å². The van der Waals surface area contributed by atoms with Crippen molar-refractivity contribution in [1.29, 1.82) is 0 Å². The Kier molecular flexibility index (Phi) is 2.91. The minimum Gasteiger partial charge on any atom is -0.481 e. The zero-order chi connectivity index (χ0) is 11.9. The number of hydrogen-bond acceptors (Lipinski definition) is 2. The highest BCUT2D eigenvalue weighted by Crippen LogP contribution is 2.39. The molecule has 0 heterocycles. The number of nitrogens with zero attached hydrogens (tertiary/aromatic N) is 1. The van der Waals surface area contributed by atoms with E-state index in [4.69, 9.17) is 5.11 Å². The molecule has 0 aromatic carbocycles. The standard InChI is InChI=1S/C12H19NO3/c1-7-5-9(10(6-7)12(15)16)11(14)13(2)8-3-4-8/h7-10H,3-6H2,1-2H3,(H,15,16). The van der Waals surface area contributed by atoms with Crippen LogP contribution in [0.15, 0.2) is 0 Å². The molecule has 1 amide bonds. The second-order valence-corrected chi connectivity index (χ2v) is 5.31. The van der Waals surface area contributed by atoms with Crippen LogP contribution >= 0.6 is 0 Å². The predicted octanol–water partition coefficient (Wildman–Crippen LogP) is 1.35. The van der Waals surface area contributed by atoms with E-state index in [-0.39, 0.29) is 11.8 Å². The van der Waals surface area contributed by atoms with Crippen LogP contribution in [0.3, 0.4) is 0 Å². The first-order chi connectivity index (χ1) is 7.50. The van der Waals surface area contributed by atoms with E-state index in [0.717, 1.165) is 19.3 Å². The molecule has 4 nitrogen and oxygen atoms in total. The van der Waals surface area contributed by atoms with Crippen molar-refractivity contribution in [2.24, 2.45) is 17.8 Å². The third-order valence-electron chi connectivity index (χ3n) is 3.87. The molecule has 2 saturated carbocycles. The largest absolute Gasteiger partial charge is 0.481 e. The zero-order valence-corrected chi connectivity index (χ0v) is 9.85. The van der Waals surface area contributed by atoms with Crippen LogP contribution in [0.5, 0.6) is 0 Å². The van der Waals surface area contributed by atoms with Gasteiger partial charge in [0, 0.05) is 13.1 Å². The maximum atomic E-state index is 12.1. The molecule has 0 saturated heterocycles. The quantitative estimate of drug-likeness (QED) is 0.788. The first kappa shape index (κ1) is 11.4. The number of carboxylic acids is 1. The third-order valence-corrected chi connectivity index (χ3v) is 3.87. The molecule has 3 atom stereocenters. The highest BCUT2D eigenvalue weighted by molar-refractivity contribution is 5.85. The number of hydrogen-bond donors (Lipinski definition) is 1. The monoisotopic (exact) mass is 225 g/mol. The Morgan fingerprint density at radius 1 is 1.19 bits per heavy atom. The van der Waals surface area contributed by atoms with Gasteiger partial charge in [0.2, 0.25) is 5.91 Å². The molecular weight excluding hydrogens is 206 g/mol. The second-order valence-electron chi connectivity index (χ2n) is 5.31. The molecule has 0 aliphatic heterocycles. The molecule has 0 bridgehead atoms. The van der Waals surface area contributed by atoms with Crippen LogP contribution in [-0.4, -0.2) is 35.0 Å². The van der Waals surface area contributed by atoms with Crippen molar-refractivity contribution in [2.45, 2.75) is 38.6 Å². The van der Waals surface area contributed by atoms with E-state index >= 15 is 0 Å². The topological polar surface area (TPSA) is 57.6 Å². The van der Waals surface area contributed by atoms with Crippen LogP contribution in [0.25, 0.3) is 0 Å². The summed E-state index contributed by atoms with van der Waals surface area (Å²) in [5, 5.41) is 9.12. The smallest absolute Gasteiger partial charge is 0.307 e. The van der Waals surface area contributed by atoms with Gasteiger partial charge in [0.25, 0.3) is 0 Å². The Hall–Kier alpha value is -1.06. The van der Waals surface area contributed by atoms with E-state index in [1.54, 1.807) is 4.90 Å². The van der Waals surface area contributed by atoms with Gasteiger partial charge in [-0.3, -0.25) is 9.59 Å². The fourth-order valence-corrected chi connectivity index (χ4v) is 2.74. The van der Waals surface area contributed by atoms with Gasteiger partial charge in [-0.25, -0.2) is 0 Å². The normalized spacial score (nSPS) is 33.8. The average Bonchev–Trinajstić information content (AvgIpc) is 2.99. The highest BCUT2D eigenvalue weighted by Gasteiger charge is 2.44.